The Hall–Kier alpha value is -2.10. The van der Waals surface area contributed by atoms with Crippen LogP contribution in [0.15, 0.2) is 34.5 Å². The average Bonchev–Trinajstić information content (AvgIpc) is 3.36. The lowest BCUT2D eigenvalue weighted by molar-refractivity contribution is 0.0602. The van der Waals surface area contributed by atoms with Gasteiger partial charge in [-0.1, -0.05) is 6.07 Å². The van der Waals surface area contributed by atoms with Gasteiger partial charge < -0.3 is 14.2 Å². The fourth-order valence-corrected chi connectivity index (χ4v) is 6.28. The standard InChI is InChI=1S/C18H21NO6S2/c1-23-14-7-6-12(11-15(14)24-2)13-5-4-9-19(13)27(21,22)16-8-10-26-17(16)18(20)25-3/h6-8,10-11,13H,4-5,9H2,1-3H3/t13-/m0/s1. The Balaban J connectivity index is 1.99. The third kappa shape index (κ3) is 3.54. The minimum Gasteiger partial charge on any atom is -0.493 e. The van der Waals surface area contributed by atoms with E-state index in [4.69, 9.17) is 14.2 Å². The van der Waals surface area contributed by atoms with Gasteiger partial charge in [-0.15, -0.1) is 11.3 Å². The second-order valence-electron chi connectivity index (χ2n) is 5.99. The zero-order valence-corrected chi connectivity index (χ0v) is 16.9. The third-order valence-electron chi connectivity index (χ3n) is 4.58. The molecule has 0 spiro atoms. The lowest BCUT2D eigenvalue weighted by Gasteiger charge is -2.25. The number of methoxy groups -OCH3 is 3. The van der Waals surface area contributed by atoms with E-state index >= 15 is 0 Å². The van der Waals surface area contributed by atoms with Crippen LogP contribution in [0.1, 0.15) is 34.1 Å². The number of ether oxygens (including phenoxy) is 3. The maximum atomic E-state index is 13.3. The molecular weight excluding hydrogens is 390 g/mol. The molecular formula is C18H21NO6S2. The zero-order chi connectivity index (χ0) is 19.6. The van der Waals surface area contributed by atoms with Crippen molar-refractivity contribution in [3.63, 3.8) is 0 Å². The highest BCUT2D eigenvalue weighted by Crippen LogP contribution is 2.40. The van der Waals surface area contributed by atoms with E-state index in [1.165, 1.54) is 17.5 Å². The molecule has 0 N–H and O–H groups in total. The van der Waals surface area contributed by atoms with Gasteiger partial charge in [-0.05, 0) is 42.0 Å². The number of carbonyl (C=O) groups excluding carboxylic acids is 1. The Morgan fingerprint density at radius 2 is 1.89 bits per heavy atom. The molecule has 2 heterocycles. The zero-order valence-electron chi connectivity index (χ0n) is 15.3. The SMILES string of the molecule is COC(=O)c1sccc1S(=O)(=O)N1CCC[C@H]1c1ccc(OC)c(OC)c1. The lowest BCUT2D eigenvalue weighted by Crippen LogP contribution is -2.31. The van der Waals surface area contributed by atoms with E-state index in [1.54, 1.807) is 31.7 Å². The molecule has 1 aliphatic heterocycles. The molecule has 146 valence electrons. The number of hydrogen-bond acceptors (Lipinski definition) is 7. The van der Waals surface area contributed by atoms with Gasteiger partial charge in [-0.25, -0.2) is 13.2 Å². The molecule has 1 atom stereocenters. The summed E-state index contributed by atoms with van der Waals surface area (Å²) in [6, 6.07) is 6.53. The molecule has 1 aromatic carbocycles. The van der Waals surface area contributed by atoms with Crippen LogP contribution in [-0.4, -0.2) is 46.6 Å². The highest BCUT2D eigenvalue weighted by atomic mass is 32.2. The molecule has 7 nitrogen and oxygen atoms in total. The molecule has 0 amide bonds. The van der Waals surface area contributed by atoms with E-state index in [9.17, 15) is 13.2 Å². The third-order valence-corrected chi connectivity index (χ3v) is 7.56. The first-order valence-corrected chi connectivity index (χ1v) is 10.7. The molecule has 1 aromatic heterocycles. The van der Waals surface area contributed by atoms with Crippen LogP contribution in [0, 0.1) is 0 Å². The first-order chi connectivity index (χ1) is 12.9. The molecule has 0 saturated carbocycles. The molecule has 1 saturated heterocycles. The van der Waals surface area contributed by atoms with E-state index in [0.29, 0.717) is 24.5 Å². The first-order valence-electron chi connectivity index (χ1n) is 8.33. The van der Waals surface area contributed by atoms with Gasteiger partial charge in [0.15, 0.2) is 11.5 Å². The molecule has 27 heavy (non-hydrogen) atoms. The van der Waals surface area contributed by atoms with Gasteiger partial charge in [0.2, 0.25) is 10.0 Å². The number of nitrogens with zero attached hydrogens (tertiary/aromatic N) is 1. The predicted octanol–water partition coefficient (Wildman–Crippen LogP) is 3.08. The molecule has 0 bridgehead atoms. The number of sulfonamides is 1. The van der Waals surface area contributed by atoms with Gasteiger partial charge in [0.25, 0.3) is 0 Å². The highest BCUT2D eigenvalue weighted by Gasteiger charge is 2.39. The van der Waals surface area contributed by atoms with Gasteiger partial charge in [-0.2, -0.15) is 4.31 Å². The summed E-state index contributed by atoms with van der Waals surface area (Å²) in [5.74, 6) is 0.481. The van der Waals surface area contributed by atoms with Crippen molar-refractivity contribution in [2.24, 2.45) is 0 Å². The van der Waals surface area contributed by atoms with E-state index in [-0.39, 0.29) is 15.8 Å². The van der Waals surface area contributed by atoms with Crippen molar-refractivity contribution in [2.75, 3.05) is 27.9 Å². The van der Waals surface area contributed by atoms with Crippen molar-refractivity contribution in [3.05, 3.63) is 40.1 Å². The fourth-order valence-electron chi connectivity index (χ4n) is 3.29. The monoisotopic (exact) mass is 411 g/mol. The summed E-state index contributed by atoms with van der Waals surface area (Å²) < 4.78 is 43.3. The number of rotatable bonds is 6. The summed E-state index contributed by atoms with van der Waals surface area (Å²) >= 11 is 1.06. The second-order valence-corrected chi connectivity index (χ2v) is 8.77. The molecule has 1 aliphatic rings. The van der Waals surface area contributed by atoms with Crippen molar-refractivity contribution >= 4 is 27.3 Å². The Labute approximate surface area is 162 Å². The predicted molar refractivity (Wildman–Crippen MR) is 101 cm³/mol. The Kier molecular flexibility index (Phi) is 5.73. The van der Waals surface area contributed by atoms with Crippen molar-refractivity contribution in [3.8, 4) is 11.5 Å². The van der Waals surface area contributed by atoms with Gasteiger partial charge in [0.05, 0.1) is 27.4 Å². The maximum absolute atomic E-state index is 13.3. The minimum absolute atomic E-state index is 0.00766. The topological polar surface area (TPSA) is 82.1 Å². The number of benzene rings is 1. The van der Waals surface area contributed by atoms with Crippen molar-refractivity contribution < 1.29 is 27.4 Å². The quantitative estimate of drug-likeness (QED) is 0.680. The van der Waals surface area contributed by atoms with Crippen LogP contribution in [0.5, 0.6) is 11.5 Å². The number of hydrogen-bond donors (Lipinski definition) is 0. The molecule has 1 fully saturated rings. The van der Waals surface area contributed by atoms with Crippen LogP contribution in [0.3, 0.4) is 0 Å². The Bertz CT molecular complexity index is 937. The number of carbonyl (C=O) groups is 1. The smallest absolute Gasteiger partial charge is 0.349 e. The maximum Gasteiger partial charge on any atom is 0.349 e. The fraction of sp³-hybridized carbons (Fsp3) is 0.389. The Morgan fingerprint density at radius 1 is 1.15 bits per heavy atom. The largest absolute Gasteiger partial charge is 0.493 e. The average molecular weight is 412 g/mol. The van der Waals surface area contributed by atoms with Crippen LogP contribution in [0.2, 0.25) is 0 Å². The van der Waals surface area contributed by atoms with Gasteiger partial charge in [-0.3, -0.25) is 0 Å². The van der Waals surface area contributed by atoms with E-state index in [1.807, 2.05) is 6.07 Å². The van der Waals surface area contributed by atoms with Gasteiger partial charge >= 0.3 is 5.97 Å². The van der Waals surface area contributed by atoms with E-state index in [2.05, 4.69) is 0 Å². The van der Waals surface area contributed by atoms with Gasteiger partial charge in [0, 0.05) is 6.54 Å². The van der Waals surface area contributed by atoms with Crippen molar-refractivity contribution in [1.82, 2.24) is 4.31 Å². The number of esters is 1. The van der Waals surface area contributed by atoms with E-state index < -0.39 is 16.0 Å². The lowest BCUT2D eigenvalue weighted by atomic mass is 10.0. The van der Waals surface area contributed by atoms with Crippen LogP contribution >= 0.6 is 11.3 Å². The first kappa shape index (κ1) is 19.7. The van der Waals surface area contributed by atoms with Crippen molar-refractivity contribution in [2.45, 2.75) is 23.8 Å². The summed E-state index contributed by atoms with van der Waals surface area (Å²) in [6.07, 6.45) is 1.42. The van der Waals surface area contributed by atoms with Gasteiger partial charge in [0.1, 0.15) is 9.77 Å². The highest BCUT2D eigenvalue weighted by molar-refractivity contribution is 7.89. The molecule has 9 heteroatoms. The van der Waals surface area contributed by atoms with Crippen LogP contribution in [0.25, 0.3) is 0 Å². The molecule has 0 unspecified atom stereocenters. The van der Waals surface area contributed by atoms with E-state index in [0.717, 1.165) is 23.3 Å². The normalized spacial score (nSPS) is 17.7. The summed E-state index contributed by atoms with van der Waals surface area (Å²) in [5, 5.41) is 1.58. The van der Waals surface area contributed by atoms with Crippen LogP contribution in [0.4, 0.5) is 0 Å². The molecule has 2 aromatic rings. The Morgan fingerprint density at radius 3 is 2.56 bits per heavy atom. The van der Waals surface area contributed by atoms with Crippen molar-refractivity contribution in [1.29, 1.82) is 0 Å². The summed E-state index contributed by atoms with van der Waals surface area (Å²) in [5.41, 5.74) is 0.823. The molecule has 0 radical (unpaired) electrons. The molecule has 3 rings (SSSR count). The second kappa shape index (κ2) is 7.87. The summed E-state index contributed by atoms with van der Waals surface area (Å²) in [4.78, 5) is 12.0. The van der Waals surface area contributed by atoms with Crippen LogP contribution in [-0.2, 0) is 14.8 Å². The summed E-state index contributed by atoms with van der Waals surface area (Å²) in [7, 11) is 0.485. The number of thiophene rings is 1. The van der Waals surface area contributed by atoms with Crippen LogP contribution < -0.4 is 9.47 Å². The molecule has 0 aliphatic carbocycles. The summed E-state index contributed by atoms with van der Waals surface area (Å²) in [6.45, 7) is 0.387. The minimum atomic E-state index is -3.84.